The summed E-state index contributed by atoms with van der Waals surface area (Å²) in [6.07, 6.45) is 1.04. The van der Waals surface area contributed by atoms with Crippen molar-refractivity contribution in [3.63, 3.8) is 0 Å². The Morgan fingerprint density at radius 2 is 1.94 bits per heavy atom. The zero-order chi connectivity index (χ0) is 13.3. The summed E-state index contributed by atoms with van der Waals surface area (Å²) in [7, 11) is 0. The third-order valence-electron chi connectivity index (χ3n) is 3.12. The number of hydrogen-bond donors (Lipinski definition) is 0. The molecule has 2 rings (SSSR count). The number of carbonyl (C=O) groups is 1. The van der Waals surface area contributed by atoms with Crippen LogP contribution in [0.5, 0.6) is 0 Å². The normalized spacial score (nSPS) is 15.9. The van der Waals surface area contributed by atoms with Gasteiger partial charge in [0.1, 0.15) is 10.8 Å². The second-order valence-electron chi connectivity index (χ2n) is 4.37. The molecule has 0 aromatic heterocycles. The molecule has 1 aliphatic heterocycles. The van der Waals surface area contributed by atoms with Gasteiger partial charge >= 0.3 is 0 Å². The minimum absolute atomic E-state index is 0.0778. The molecule has 0 atom stereocenters. The molecule has 0 amide bonds. The minimum Gasteiger partial charge on any atom is -0.370 e. The summed E-state index contributed by atoms with van der Waals surface area (Å²) in [5.74, 6) is 0.261. The van der Waals surface area contributed by atoms with Gasteiger partial charge in [0.2, 0.25) is 0 Å². The molecule has 1 heterocycles. The topological polar surface area (TPSA) is 63.5 Å². The monoisotopic (exact) mass is 268 g/mol. The van der Waals surface area contributed by atoms with Gasteiger partial charge in [-0.15, -0.1) is 0 Å². The number of anilines is 1. The van der Waals surface area contributed by atoms with Crippen LogP contribution < -0.4 is 4.90 Å². The maximum atomic E-state index is 11.2. The van der Waals surface area contributed by atoms with E-state index in [4.69, 9.17) is 11.6 Å². The lowest BCUT2D eigenvalue weighted by atomic mass is 10.1. The Morgan fingerprint density at radius 1 is 1.33 bits per heavy atom. The van der Waals surface area contributed by atoms with Gasteiger partial charge in [-0.1, -0.05) is 11.6 Å². The number of halogens is 1. The third-order valence-corrected chi connectivity index (χ3v) is 3.43. The number of piperidine rings is 1. The van der Waals surface area contributed by atoms with Gasteiger partial charge in [-0.3, -0.25) is 14.9 Å². The van der Waals surface area contributed by atoms with Crippen LogP contribution in [-0.4, -0.2) is 23.8 Å². The summed E-state index contributed by atoms with van der Waals surface area (Å²) >= 11 is 5.91. The van der Waals surface area contributed by atoms with Gasteiger partial charge in [0.15, 0.2) is 0 Å². The van der Waals surface area contributed by atoms with Gasteiger partial charge in [-0.2, -0.15) is 0 Å². The average molecular weight is 269 g/mol. The molecule has 0 spiro atoms. The van der Waals surface area contributed by atoms with E-state index < -0.39 is 4.92 Å². The quantitative estimate of drug-likeness (QED) is 0.611. The smallest absolute Gasteiger partial charge is 0.288 e. The average Bonchev–Trinajstić information content (AvgIpc) is 2.32. The summed E-state index contributed by atoms with van der Waals surface area (Å²) in [6, 6.07) is 3.10. The summed E-state index contributed by atoms with van der Waals surface area (Å²) in [5, 5.41) is 10.9. The lowest BCUT2D eigenvalue weighted by Gasteiger charge is -2.29. The summed E-state index contributed by atoms with van der Waals surface area (Å²) in [4.78, 5) is 23.5. The van der Waals surface area contributed by atoms with E-state index in [1.54, 1.807) is 6.07 Å². The SMILES string of the molecule is Cc1cc([N+](=O)[O-])c(Cl)cc1N1CCC(=O)CC1. The van der Waals surface area contributed by atoms with Gasteiger partial charge < -0.3 is 4.90 Å². The van der Waals surface area contributed by atoms with Crippen LogP contribution in [0.15, 0.2) is 12.1 Å². The standard InChI is InChI=1S/C12H13ClN2O3/c1-8-6-12(15(17)18)10(13)7-11(8)14-4-2-9(16)3-5-14/h6-7H,2-5H2,1H3. The van der Waals surface area contributed by atoms with Crippen molar-refractivity contribution < 1.29 is 9.72 Å². The van der Waals surface area contributed by atoms with E-state index in [1.807, 2.05) is 11.8 Å². The Hall–Kier alpha value is -1.62. The summed E-state index contributed by atoms with van der Waals surface area (Å²) in [6.45, 7) is 3.11. The fraction of sp³-hybridized carbons (Fsp3) is 0.417. The second-order valence-corrected chi connectivity index (χ2v) is 4.78. The molecule has 1 saturated heterocycles. The van der Waals surface area contributed by atoms with Crippen molar-refractivity contribution in [1.29, 1.82) is 0 Å². The molecule has 0 saturated carbocycles. The molecule has 5 nitrogen and oxygen atoms in total. The van der Waals surface area contributed by atoms with Crippen molar-refractivity contribution in [3.8, 4) is 0 Å². The van der Waals surface area contributed by atoms with Gasteiger partial charge in [0.25, 0.3) is 5.69 Å². The summed E-state index contributed by atoms with van der Waals surface area (Å²) in [5.41, 5.74) is 1.60. The predicted molar refractivity (Wildman–Crippen MR) is 69.3 cm³/mol. The van der Waals surface area contributed by atoms with Crippen LogP contribution in [0.2, 0.25) is 5.02 Å². The van der Waals surface area contributed by atoms with Crippen LogP contribution in [-0.2, 0) is 4.79 Å². The first-order valence-corrected chi connectivity index (χ1v) is 6.08. The third kappa shape index (κ3) is 2.46. The zero-order valence-electron chi connectivity index (χ0n) is 9.98. The Kier molecular flexibility index (Phi) is 3.52. The van der Waals surface area contributed by atoms with Gasteiger partial charge in [0, 0.05) is 37.7 Å². The minimum atomic E-state index is -0.487. The first-order valence-electron chi connectivity index (χ1n) is 5.70. The van der Waals surface area contributed by atoms with Crippen LogP contribution in [0, 0.1) is 17.0 Å². The fourth-order valence-electron chi connectivity index (χ4n) is 2.13. The van der Waals surface area contributed by atoms with Crippen molar-refractivity contribution in [2.75, 3.05) is 18.0 Å². The molecular weight excluding hydrogens is 256 g/mol. The number of hydrogen-bond acceptors (Lipinski definition) is 4. The highest BCUT2D eigenvalue weighted by Gasteiger charge is 2.21. The van der Waals surface area contributed by atoms with Crippen molar-refractivity contribution in [3.05, 3.63) is 32.8 Å². The largest absolute Gasteiger partial charge is 0.370 e. The second kappa shape index (κ2) is 4.94. The van der Waals surface area contributed by atoms with Crippen molar-refractivity contribution in [2.24, 2.45) is 0 Å². The number of nitrogens with zero attached hydrogens (tertiary/aromatic N) is 2. The molecule has 6 heteroatoms. The van der Waals surface area contributed by atoms with E-state index in [9.17, 15) is 14.9 Å². The molecular formula is C12H13ClN2O3. The summed E-state index contributed by atoms with van der Waals surface area (Å²) < 4.78 is 0. The van der Waals surface area contributed by atoms with E-state index >= 15 is 0 Å². The molecule has 1 aromatic rings. The highest BCUT2D eigenvalue weighted by Crippen LogP contribution is 2.33. The van der Waals surface area contributed by atoms with E-state index in [0.29, 0.717) is 25.9 Å². The maximum absolute atomic E-state index is 11.2. The lowest BCUT2D eigenvalue weighted by molar-refractivity contribution is -0.384. The van der Waals surface area contributed by atoms with Crippen LogP contribution in [0.3, 0.4) is 0 Å². The van der Waals surface area contributed by atoms with Crippen LogP contribution in [0.25, 0.3) is 0 Å². The Balaban J connectivity index is 2.32. The number of nitro groups is 1. The molecule has 0 bridgehead atoms. The van der Waals surface area contributed by atoms with E-state index in [-0.39, 0.29) is 16.5 Å². The molecule has 0 aliphatic carbocycles. The number of Topliss-reactive ketones (excluding diaryl/α,β-unsaturated/α-hetero) is 1. The van der Waals surface area contributed by atoms with E-state index in [2.05, 4.69) is 0 Å². The predicted octanol–water partition coefficient (Wildman–Crippen LogP) is 2.73. The van der Waals surface area contributed by atoms with Crippen molar-refractivity contribution >= 4 is 28.8 Å². The fourth-order valence-corrected chi connectivity index (χ4v) is 2.36. The van der Waals surface area contributed by atoms with E-state index in [1.165, 1.54) is 6.07 Å². The van der Waals surface area contributed by atoms with Crippen LogP contribution in [0.4, 0.5) is 11.4 Å². The van der Waals surface area contributed by atoms with Crippen LogP contribution in [0.1, 0.15) is 18.4 Å². The lowest BCUT2D eigenvalue weighted by Crippen LogP contribution is -2.34. The first kappa shape index (κ1) is 12.8. The molecule has 18 heavy (non-hydrogen) atoms. The molecule has 0 N–H and O–H groups in total. The molecule has 1 aromatic carbocycles. The van der Waals surface area contributed by atoms with Crippen LogP contribution >= 0.6 is 11.6 Å². The van der Waals surface area contributed by atoms with Gasteiger partial charge in [0.05, 0.1) is 4.92 Å². The van der Waals surface area contributed by atoms with Gasteiger partial charge in [-0.25, -0.2) is 0 Å². The Labute approximate surface area is 109 Å². The molecule has 0 unspecified atom stereocenters. The van der Waals surface area contributed by atoms with E-state index in [0.717, 1.165) is 11.3 Å². The number of benzene rings is 1. The van der Waals surface area contributed by atoms with Crippen molar-refractivity contribution in [1.82, 2.24) is 0 Å². The molecule has 1 fully saturated rings. The first-order chi connectivity index (χ1) is 8.49. The number of aryl methyl sites for hydroxylation is 1. The van der Waals surface area contributed by atoms with Crippen molar-refractivity contribution in [2.45, 2.75) is 19.8 Å². The highest BCUT2D eigenvalue weighted by molar-refractivity contribution is 6.33. The Bertz CT molecular complexity index is 506. The maximum Gasteiger partial charge on any atom is 0.288 e. The zero-order valence-corrected chi connectivity index (χ0v) is 10.7. The van der Waals surface area contributed by atoms with Gasteiger partial charge in [-0.05, 0) is 18.6 Å². The molecule has 96 valence electrons. The number of rotatable bonds is 2. The Morgan fingerprint density at radius 3 is 2.50 bits per heavy atom. The highest BCUT2D eigenvalue weighted by atomic mass is 35.5. The molecule has 0 radical (unpaired) electrons. The molecule has 1 aliphatic rings. The number of ketones is 1. The number of carbonyl (C=O) groups excluding carboxylic acids is 1. The number of nitro benzene ring substituents is 1.